The summed E-state index contributed by atoms with van der Waals surface area (Å²) in [5.74, 6) is 3.47. The van der Waals surface area contributed by atoms with Crippen molar-refractivity contribution in [3.63, 3.8) is 0 Å². The molecule has 1 aliphatic rings. The third-order valence-corrected chi connectivity index (χ3v) is 3.43. The smallest absolute Gasteiger partial charge is 0.323 e. The van der Waals surface area contributed by atoms with Crippen molar-refractivity contribution in [2.75, 3.05) is 13.1 Å². The van der Waals surface area contributed by atoms with Crippen LogP contribution in [0, 0.1) is 0 Å². The summed E-state index contributed by atoms with van der Waals surface area (Å²) in [6.45, 7) is 2.61. The van der Waals surface area contributed by atoms with E-state index in [1.807, 2.05) is 23.6 Å². The van der Waals surface area contributed by atoms with Gasteiger partial charge >= 0.3 is 11.8 Å². The Morgan fingerprint density at radius 3 is 2.70 bits per heavy atom. The van der Waals surface area contributed by atoms with Gasteiger partial charge in [0.25, 0.3) is 0 Å². The number of likely N-dealkylation sites (tertiary alicyclic amines) is 1. The molecule has 6 heteroatoms. The van der Waals surface area contributed by atoms with Crippen molar-refractivity contribution in [1.82, 2.24) is 15.6 Å². The lowest BCUT2D eigenvalue weighted by atomic mass is 10.0. The fourth-order valence-corrected chi connectivity index (χ4v) is 2.48. The van der Waals surface area contributed by atoms with Gasteiger partial charge in [0.2, 0.25) is 0 Å². The monoisotopic (exact) mass is 276 g/mol. The molecule has 4 N–H and O–H groups in total. The van der Waals surface area contributed by atoms with Gasteiger partial charge in [-0.1, -0.05) is 30.3 Å². The maximum absolute atomic E-state index is 11.5. The molecular formula is C14H20N4O2. The number of hydrazine groups is 1. The highest BCUT2D eigenvalue weighted by molar-refractivity contribution is 6.34. The zero-order chi connectivity index (χ0) is 14.4. The topological polar surface area (TPSA) is 87.5 Å². The van der Waals surface area contributed by atoms with Gasteiger partial charge in [0.15, 0.2) is 0 Å². The van der Waals surface area contributed by atoms with E-state index in [-0.39, 0.29) is 6.04 Å². The van der Waals surface area contributed by atoms with Gasteiger partial charge in [0.1, 0.15) is 0 Å². The van der Waals surface area contributed by atoms with Crippen LogP contribution in [0.25, 0.3) is 0 Å². The van der Waals surface area contributed by atoms with Gasteiger partial charge in [-0.25, -0.2) is 5.84 Å². The number of nitrogens with zero attached hydrogens (tertiary/aromatic N) is 1. The van der Waals surface area contributed by atoms with E-state index in [1.54, 1.807) is 0 Å². The first-order valence-corrected chi connectivity index (χ1v) is 6.77. The number of carbonyl (C=O) groups is 2. The van der Waals surface area contributed by atoms with Gasteiger partial charge in [0, 0.05) is 19.1 Å². The molecule has 6 nitrogen and oxygen atoms in total. The number of carbonyl (C=O) groups excluding carboxylic acids is 2. The third-order valence-electron chi connectivity index (χ3n) is 3.43. The molecule has 0 spiro atoms. The molecule has 0 saturated carbocycles. The highest BCUT2D eigenvalue weighted by Crippen LogP contribution is 2.13. The molecule has 1 atom stereocenters. The SMILES string of the molecule is NNC(=O)C(=O)NC1CCCN(Cc2ccccc2)C1. The second kappa shape index (κ2) is 7.02. The summed E-state index contributed by atoms with van der Waals surface area (Å²) in [5.41, 5.74) is 3.09. The van der Waals surface area contributed by atoms with E-state index in [9.17, 15) is 9.59 Å². The summed E-state index contributed by atoms with van der Waals surface area (Å²) in [5, 5.41) is 2.71. The second-order valence-electron chi connectivity index (χ2n) is 5.01. The lowest BCUT2D eigenvalue weighted by Crippen LogP contribution is -2.52. The molecule has 20 heavy (non-hydrogen) atoms. The summed E-state index contributed by atoms with van der Waals surface area (Å²) >= 11 is 0. The minimum Gasteiger partial charge on any atom is -0.344 e. The highest BCUT2D eigenvalue weighted by Gasteiger charge is 2.23. The normalized spacial score (nSPS) is 19.4. The van der Waals surface area contributed by atoms with Crippen LogP contribution in [-0.4, -0.2) is 35.8 Å². The zero-order valence-electron chi connectivity index (χ0n) is 11.3. The molecule has 1 aliphatic heterocycles. The Hall–Kier alpha value is -1.92. The second-order valence-corrected chi connectivity index (χ2v) is 5.01. The number of rotatable bonds is 3. The van der Waals surface area contributed by atoms with Gasteiger partial charge in [0.05, 0.1) is 0 Å². The standard InChI is InChI=1S/C14H20N4O2/c15-17-14(20)13(19)16-12-7-4-8-18(10-12)9-11-5-2-1-3-6-11/h1-3,5-6,12H,4,7-10,15H2,(H,16,19)(H,17,20). The van der Waals surface area contributed by atoms with E-state index in [1.165, 1.54) is 5.56 Å². The van der Waals surface area contributed by atoms with Crippen molar-refractivity contribution in [2.24, 2.45) is 5.84 Å². The van der Waals surface area contributed by atoms with Crippen molar-refractivity contribution in [3.05, 3.63) is 35.9 Å². The summed E-state index contributed by atoms with van der Waals surface area (Å²) < 4.78 is 0. The Bertz CT molecular complexity index is 464. The predicted molar refractivity (Wildman–Crippen MR) is 75.2 cm³/mol. The van der Waals surface area contributed by atoms with Gasteiger partial charge < -0.3 is 5.32 Å². The van der Waals surface area contributed by atoms with Crippen molar-refractivity contribution in [2.45, 2.75) is 25.4 Å². The predicted octanol–water partition coefficient (Wildman–Crippen LogP) is -0.243. The number of hydrogen-bond acceptors (Lipinski definition) is 4. The van der Waals surface area contributed by atoms with Crippen LogP contribution in [0.5, 0.6) is 0 Å². The first-order chi connectivity index (χ1) is 9.69. The number of benzene rings is 1. The van der Waals surface area contributed by atoms with Crippen LogP contribution in [0.4, 0.5) is 0 Å². The number of amides is 2. The maximum atomic E-state index is 11.5. The quantitative estimate of drug-likeness (QED) is 0.308. The molecule has 1 unspecified atom stereocenters. The average Bonchev–Trinajstić information content (AvgIpc) is 2.47. The fourth-order valence-electron chi connectivity index (χ4n) is 2.48. The molecule has 1 aromatic rings. The molecule has 1 aromatic carbocycles. The summed E-state index contributed by atoms with van der Waals surface area (Å²) in [6.07, 6.45) is 1.89. The zero-order valence-corrected chi connectivity index (χ0v) is 11.3. The Kier molecular flexibility index (Phi) is 5.09. The highest BCUT2D eigenvalue weighted by atomic mass is 16.2. The van der Waals surface area contributed by atoms with Crippen LogP contribution in [0.1, 0.15) is 18.4 Å². The summed E-state index contributed by atoms with van der Waals surface area (Å²) in [7, 11) is 0. The molecule has 0 aromatic heterocycles. The van der Waals surface area contributed by atoms with E-state index < -0.39 is 11.8 Å². The van der Waals surface area contributed by atoms with Crippen LogP contribution in [-0.2, 0) is 16.1 Å². The fraction of sp³-hybridized carbons (Fsp3) is 0.429. The number of piperidine rings is 1. The van der Waals surface area contributed by atoms with Crippen LogP contribution in [0.2, 0.25) is 0 Å². The molecule has 108 valence electrons. The molecule has 2 rings (SSSR count). The lowest BCUT2D eigenvalue weighted by Gasteiger charge is -2.33. The van der Waals surface area contributed by atoms with E-state index in [0.29, 0.717) is 0 Å². The average molecular weight is 276 g/mol. The van der Waals surface area contributed by atoms with Gasteiger partial charge in [-0.05, 0) is 24.9 Å². The van der Waals surface area contributed by atoms with Crippen LogP contribution in [0.15, 0.2) is 30.3 Å². The Labute approximate surface area is 118 Å². The Balaban J connectivity index is 1.85. The molecule has 0 bridgehead atoms. The number of nitrogens with one attached hydrogen (secondary N) is 2. The number of nitrogens with two attached hydrogens (primary N) is 1. The molecule has 1 fully saturated rings. The molecule has 1 heterocycles. The molecule has 2 amide bonds. The summed E-state index contributed by atoms with van der Waals surface area (Å²) in [6, 6.07) is 10.2. The first-order valence-electron chi connectivity index (χ1n) is 6.77. The molecule has 0 radical (unpaired) electrons. The van der Waals surface area contributed by atoms with Crippen LogP contribution in [0.3, 0.4) is 0 Å². The minimum absolute atomic E-state index is 0.00253. The van der Waals surface area contributed by atoms with Crippen LogP contribution < -0.4 is 16.6 Å². The van der Waals surface area contributed by atoms with E-state index in [0.717, 1.165) is 32.5 Å². The van der Waals surface area contributed by atoms with Crippen molar-refractivity contribution < 1.29 is 9.59 Å². The van der Waals surface area contributed by atoms with Gasteiger partial charge in [-0.15, -0.1) is 0 Å². The van der Waals surface area contributed by atoms with E-state index in [2.05, 4.69) is 22.3 Å². The van der Waals surface area contributed by atoms with Gasteiger partial charge in [-0.2, -0.15) is 0 Å². The molecule has 1 saturated heterocycles. The van der Waals surface area contributed by atoms with Crippen molar-refractivity contribution in [3.8, 4) is 0 Å². The van der Waals surface area contributed by atoms with E-state index in [4.69, 9.17) is 5.84 Å². The summed E-state index contributed by atoms with van der Waals surface area (Å²) in [4.78, 5) is 24.9. The molecule has 0 aliphatic carbocycles. The molecular weight excluding hydrogens is 256 g/mol. The Morgan fingerprint density at radius 2 is 2.00 bits per heavy atom. The maximum Gasteiger partial charge on any atom is 0.323 e. The minimum atomic E-state index is -0.801. The van der Waals surface area contributed by atoms with Crippen molar-refractivity contribution >= 4 is 11.8 Å². The Morgan fingerprint density at radius 1 is 1.25 bits per heavy atom. The van der Waals surface area contributed by atoms with Crippen molar-refractivity contribution in [1.29, 1.82) is 0 Å². The third kappa shape index (κ3) is 4.04. The largest absolute Gasteiger partial charge is 0.344 e. The van der Waals surface area contributed by atoms with E-state index >= 15 is 0 Å². The van der Waals surface area contributed by atoms with Gasteiger partial charge in [-0.3, -0.25) is 19.9 Å². The first kappa shape index (κ1) is 14.5. The number of hydrogen-bond donors (Lipinski definition) is 3. The lowest BCUT2D eigenvalue weighted by molar-refractivity contribution is -0.139. The van der Waals surface area contributed by atoms with Crippen LogP contribution >= 0.6 is 0 Å².